The van der Waals surface area contributed by atoms with Crippen LogP contribution in [0, 0.1) is 6.92 Å². The number of carbonyl (C=O) groups excluding carboxylic acids is 1. The number of ketones is 1. The number of hydrogen-bond acceptors (Lipinski definition) is 3. The lowest BCUT2D eigenvalue weighted by Gasteiger charge is -2.05. The monoisotopic (exact) mass is 386 g/mol. The van der Waals surface area contributed by atoms with Crippen molar-refractivity contribution in [3.05, 3.63) is 45.1 Å². The zero-order valence-corrected chi connectivity index (χ0v) is 15.1. The van der Waals surface area contributed by atoms with Crippen molar-refractivity contribution in [2.24, 2.45) is 0 Å². The van der Waals surface area contributed by atoms with E-state index in [-0.39, 0.29) is 5.78 Å². The Morgan fingerprint density at radius 2 is 2.24 bits per heavy atom. The van der Waals surface area contributed by atoms with Crippen LogP contribution in [-0.2, 0) is 17.8 Å². The van der Waals surface area contributed by atoms with Crippen molar-refractivity contribution < 1.29 is 4.79 Å². The number of carbonyl (C=O) groups is 1. The molecule has 0 aliphatic rings. The van der Waals surface area contributed by atoms with Crippen LogP contribution >= 0.6 is 39.3 Å². The first-order valence-corrected chi connectivity index (χ1v) is 8.78. The summed E-state index contributed by atoms with van der Waals surface area (Å²) in [6.45, 7) is 4.72. The molecular weight excluding hydrogens is 372 g/mol. The largest absolute Gasteiger partial charge is 0.298 e. The van der Waals surface area contributed by atoms with E-state index in [9.17, 15) is 4.79 Å². The molecule has 6 heteroatoms. The fourth-order valence-corrected chi connectivity index (χ4v) is 3.49. The van der Waals surface area contributed by atoms with Crippen molar-refractivity contribution >= 4 is 45.1 Å². The number of halogens is 2. The average molecular weight is 388 g/mol. The number of benzene rings is 1. The number of hydrogen-bond donors (Lipinski definition) is 0. The number of Topliss-reactive ketones (excluding diaryl/α,β-unsaturated/α-hetero) is 1. The molecule has 0 radical (unpaired) electrons. The molecule has 0 spiro atoms. The molecule has 2 aromatic rings. The first-order valence-electron chi connectivity index (χ1n) is 6.63. The summed E-state index contributed by atoms with van der Waals surface area (Å²) in [5, 5.41) is 5.09. The van der Waals surface area contributed by atoms with Gasteiger partial charge in [0, 0.05) is 16.5 Å². The van der Waals surface area contributed by atoms with E-state index in [0.29, 0.717) is 17.2 Å². The number of aryl methyl sites for hydroxylation is 2. The van der Waals surface area contributed by atoms with Crippen LogP contribution < -0.4 is 0 Å². The van der Waals surface area contributed by atoms with Gasteiger partial charge >= 0.3 is 0 Å². The van der Waals surface area contributed by atoms with Crippen LogP contribution in [0.25, 0.3) is 0 Å². The van der Waals surface area contributed by atoms with Gasteiger partial charge in [-0.05, 0) is 48.0 Å². The second kappa shape index (κ2) is 7.47. The van der Waals surface area contributed by atoms with Gasteiger partial charge < -0.3 is 0 Å². The molecule has 0 saturated heterocycles. The SMILES string of the molecule is CCn1nc(C)c(Br)c1CC(=O)CSc1cccc(Cl)c1. The molecule has 0 unspecified atom stereocenters. The van der Waals surface area contributed by atoms with Crippen LogP contribution in [0.1, 0.15) is 18.3 Å². The van der Waals surface area contributed by atoms with Gasteiger partial charge in [0.05, 0.1) is 28.0 Å². The third-order valence-electron chi connectivity index (χ3n) is 3.01. The summed E-state index contributed by atoms with van der Waals surface area (Å²) in [4.78, 5) is 13.2. The maximum Gasteiger partial charge on any atom is 0.149 e. The fraction of sp³-hybridized carbons (Fsp3) is 0.333. The summed E-state index contributed by atoms with van der Waals surface area (Å²) in [6, 6.07) is 7.55. The number of nitrogens with zero attached hydrogens (tertiary/aromatic N) is 2. The summed E-state index contributed by atoms with van der Waals surface area (Å²) in [5.41, 5.74) is 1.87. The Kier molecular flexibility index (Phi) is 5.90. The minimum Gasteiger partial charge on any atom is -0.298 e. The fourth-order valence-electron chi connectivity index (χ4n) is 2.00. The van der Waals surface area contributed by atoms with E-state index in [1.165, 1.54) is 11.8 Å². The topological polar surface area (TPSA) is 34.9 Å². The zero-order valence-electron chi connectivity index (χ0n) is 11.9. The molecule has 0 N–H and O–H groups in total. The normalized spacial score (nSPS) is 10.9. The minimum absolute atomic E-state index is 0.176. The van der Waals surface area contributed by atoms with E-state index >= 15 is 0 Å². The molecule has 0 amide bonds. The van der Waals surface area contributed by atoms with Gasteiger partial charge in [-0.2, -0.15) is 5.10 Å². The van der Waals surface area contributed by atoms with Gasteiger partial charge in [-0.1, -0.05) is 17.7 Å². The summed E-state index contributed by atoms with van der Waals surface area (Å²) < 4.78 is 2.81. The Morgan fingerprint density at radius 3 is 2.90 bits per heavy atom. The molecule has 0 aliphatic carbocycles. The maximum absolute atomic E-state index is 12.2. The minimum atomic E-state index is 0.176. The molecule has 0 bridgehead atoms. The molecule has 3 nitrogen and oxygen atoms in total. The number of aromatic nitrogens is 2. The predicted octanol–water partition coefficient (Wildman–Crippen LogP) is 4.53. The van der Waals surface area contributed by atoms with Crippen LogP contribution in [0.15, 0.2) is 33.6 Å². The van der Waals surface area contributed by atoms with Gasteiger partial charge in [0.1, 0.15) is 5.78 Å². The Labute approximate surface area is 142 Å². The van der Waals surface area contributed by atoms with Crippen molar-refractivity contribution in [2.75, 3.05) is 5.75 Å². The highest BCUT2D eigenvalue weighted by Gasteiger charge is 2.15. The molecule has 0 saturated carbocycles. The van der Waals surface area contributed by atoms with E-state index in [0.717, 1.165) is 27.3 Å². The van der Waals surface area contributed by atoms with E-state index in [4.69, 9.17) is 11.6 Å². The zero-order chi connectivity index (χ0) is 15.4. The van der Waals surface area contributed by atoms with E-state index in [1.54, 1.807) is 0 Å². The third-order valence-corrected chi connectivity index (χ3v) is 5.33. The highest BCUT2D eigenvalue weighted by atomic mass is 79.9. The quantitative estimate of drug-likeness (QED) is 0.683. The van der Waals surface area contributed by atoms with Crippen molar-refractivity contribution in [2.45, 2.75) is 31.7 Å². The highest BCUT2D eigenvalue weighted by molar-refractivity contribution is 9.10. The lowest BCUT2D eigenvalue weighted by atomic mass is 10.2. The van der Waals surface area contributed by atoms with E-state index in [1.807, 2.05) is 42.8 Å². The Hall–Kier alpha value is -0.780. The number of thioether (sulfide) groups is 1. The van der Waals surface area contributed by atoms with Crippen molar-refractivity contribution in [1.82, 2.24) is 9.78 Å². The molecular formula is C15H16BrClN2OS. The van der Waals surface area contributed by atoms with Gasteiger partial charge in [0.25, 0.3) is 0 Å². The molecule has 0 aliphatic heterocycles. The van der Waals surface area contributed by atoms with Gasteiger partial charge in [-0.3, -0.25) is 9.48 Å². The molecule has 21 heavy (non-hydrogen) atoms. The smallest absolute Gasteiger partial charge is 0.149 e. The molecule has 1 aromatic carbocycles. The number of rotatable bonds is 6. The average Bonchev–Trinajstić information content (AvgIpc) is 2.73. The second-order valence-corrected chi connectivity index (χ2v) is 6.90. The maximum atomic E-state index is 12.2. The van der Waals surface area contributed by atoms with Crippen molar-refractivity contribution in [1.29, 1.82) is 0 Å². The van der Waals surface area contributed by atoms with Gasteiger partial charge in [0.2, 0.25) is 0 Å². The second-order valence-electron chi connectivity index (χ2n) is 4.62. The molecule has 0 fully saturated rings. The van der Waals surface area contributed by atoms with Crippen LogP contribution in [0.2, 0.25) is 5.02 Å². The lowest BCUT2D eigenvalue weighted by molar-refractivity contribution is -0.116. The summed E-state index contributed by atoms with van der Waals surface area (Å²) in [6.07, 6.45) is 0.392. The highest BCUT2D eigenvalue weighted by Crippen LogP contribution is 2.24. The van der Waals surface area contributed by atoms with Crippen molar-refractivity contribution in [3.8, 4) is 0 Å². The molecule has 1 heterocycles. The van der Waals surface area contributed by atoms with E-state index in [2.05, 4.69) is 21.0 Å². The van der Waals surface area contributed by atoms with Crippen LogP contribution in [0.3, 0.4) is 0 Å². The predicted molar refractivity (Wildman–Crippen MR) is 91.2 cm³/mol. The summed E-state index contributed by atoms with van der Waals surface area (Å²) in [7, 11) is 0. The summed E-state index contributed by atoms with van der Waals surface area (Å²) in [5.74, 6) is 0.607. The van der Waals surface area contributed by atoms with E-state index < -0.39 is 0 Å². The van der Waals surface area contributed by atoms with Crippen LogP contribution in [0.5, 0.6) is 0 Å². The lowest BCUT2D eigenvalue weighted by Crippen LogP contribution is -2.11. The van der Waals surface area contributed by atoms with Crippen LogP contribution in [-0.4, -0.2) is 21.3 Å². The molecule has 0 atom stereocenters. The standard InChI is InChI=1S/C15H16BrClN2OS/c1-3-19-14(15(16)10(2)18-19)8-12(20)9-21-13-6-4-5-11(17)7-13/h4-7H,3,8-9H2,1-2H3. The molecule has 2 rings (SSSR count). The van der Waals surface area contributed by atoms with Gasteiger partial charge in [-0.15, -0.1) is 11.8 Å². The van der Waals surface area contributed by atoms with Crippen molar-refractivity contribution in [3.63, 3.8) is 0 Å². The van der Waals surface area contributed by atoms with Gasteiger partial charge in [-0.25, -0.2) is 0 Å². The third kappa shape index (κ3) is 4.34. The Bertz CT molecular complexity index is 657. The molecule has 112 valence electrons. The summed E-state index contributed by atoms with van der Waals surface area (Å²) >= 11 is 11.0. The first kappa shape index (κ1) is 16.6. The first-order chi connectivity index (χ1) is 10.0. The Balaban J connectivity index is 1.99. The molecule has 1 aromatic heterocycles. The van der Waals surface area contributed by atoms with Crippen LogP contribution in [0.4, 0.5) is 0 Å². The Morgan fingerprint density at radius 1 is 1.48 bits per heavy atom. The van der Waals surface area contributed by atoms with Gasteiger partial charge in [0.15, 0.2) is 0 Å².